The molecule has 2 aliphatic carbocycles. The van der Waals surface area contributed by atoms with E-state index in [0.29, 0.717) is 9.89 Å². The molecule has 2 saturated carbocycles. The monoisotopic (exact) mass is 353 g/mol. The number of halogens is 2. The first-order valence-electron chi connectivity index (χ1n) is 8.28. The Morgan fingerprint density at radius 2 is 2.24 bits per heavy atom. The third-order valence-corrected chi connectivity index (χ3v) is 6.47. The van der Waals surface area contributed by atoms with Crippen LogP contribution in [0.25, 0.3) is 0 Å². The first-order chi connectivity index (χ1) is 10.1. The highest BCUT2D eigenvalue weighted by atomic mass is 79.9. The van der Waals surface area contributed by atoms with E-state index < -0.39 is 0 Å². The molecule has 0 amide bonds. The second kappa shape index (κ2) is 6.37. The van der Waals surface area contributed by atoms with Gasteiger partial charge in [0.15, 0.2) is 0 Å². The highest BCUT2D eigenvalue weighted by molar-refractivity contribution is 9.10. The smallest absolute Gasteiger partial charge is 0.137 e. The van der Waals surface area contributed by atoms with E-state index in [1.165, 1.54) is 38.2 Å². The van der Waals surface area contributed by atoms with Gasteiger partial charge in [-0.05, 0) is 83.5 Å². The molecule has 2 bridgehead atoms. The summed E-state index contributed by atoms with van der Waals surface area (Å²) in [5.41, 5.74) is 1.48. The summed E-state index contributed by atoms with van der Waals surface area (Å²) < 4.78 is 14.5. The Morgan fingerprint density at radius 1 is 1.38 bits per heavy atom. The normalized spacial score (nSPS) is 31.0. The van der Waals surface area contributed by atoms with Crippen LogP contribution < -0.4 is 5.32 Å². The third kappa shape index (κ3) is 3.05. The van der Waals surface area contributed by atoms with Gasteiger partial charge in [-0.3, -0.25) is 0 Å². The summed E-state index contributed by atoms with van der Waals surface area (Å²) in [5, 5.41) is 3.65. The zero-order chi connectivity index (χ0) is 14.9. The SMILES string of the molecule is CCCNCC1(Cc2cccc(F)c2Br)CC2CCC1C2. The summed E-state index contributed by atoms with van der Waals surface area (Å²) in [6, 6.07) is 5.47. The molecule has 1 aromatic carbocycles. The molecule has 2 aliphatic rings. The van der Waals surface area contributed by atoms with Gasteiger partial charge in [0.05, 0.1) is 4.47 Å². The van der Waals surface area contributed by atoms with Crippen LogP contribution in [0, 0.1) is 23.1 Å². The van der Waals surface area contributed by atoms with Gasteiger partial charge < -0.3 is 5.32 Å². The van der Waals surface area contributed by atoms with Crippen molar-refractivity contribution in [3.63, 3.8) is 0 Å². The van der Waals surface area contributed by atoms with Crippen LogP contribution in [-0.2, 0) is 6.42 Å². The van der Waals surface area contributed by atoms with E-state index >= 15 is 0 Å². The van der Waals surface area contributed by atoms with Crippen LogP contribution in [0.15, 0.2) is 22.7 Å². The summed E-state index contributed by atoms with van der Waals surface area (Å²) in [4.78, 5) is 0. The van der Waals surface area contributed by atoms with Crippen LogP contribution in [0.4, 0.5) is 4.39 Å². The van der Waals surface area contributed by atoms with E-state index in [4.69, 9.17) is 0 Å². The lowest BCUT2D eigenvalue weighted by molar-refractivity contribution is 0.156. The highest BCUT2D eigenvalue weighted by Gasteiger charge is 2.50. The van der Waals surface area contributed by atoms with Crippen molar-refractivity contribution in [3.05, 3.63) is 34.1 Å². The van der Waals surface area contributed by atoms with Crippen molar-refractivity contribution in [2.24, 2.45) is 17.3 Å². The molecule has 116 valence electrons. The second-order valence-corrected chi connectivity index (χ2v) is 7.80. The maximum Gasteiger partial charge on any atom is 0.137 e. The molecule has 3 heteroatoms. The Bertz CT molecular complexity index is 504. The molecule has 21 heavy (non-hydrogen) atoms. The Balaban J connectivity index is 1.81. The molecule has 1 N–H and O–H groups in total. The summed E-state index contributed by atoms with van der Waals surface area (Å²) in [6.45, 7) is 4.39. The number of hydrogen-bond donors (Lipinski definition) is 1. The molecular weight excluding hydrogens is 329 g/mol. The molecule has 3 rings (SSSR count). The lowest BCUT2D eigenvalue weighted by Gasteiger charge is -2.39. The average molecular weight is 354 g/mol. The van der Waals surface area contributed by atoms with Crippen LogP contribution in [0.1, 0.15) is 44.6 Å². The summed E-state index contributed by atoms with van der Waals surface area (Å²) in [5.74, 6) is 1.60. The lowest BCUT2D eigenvalue weighted by atomic mass is 9.69. The fraction of sp³-hybridized carbons (Fsp3) is 0.667. The van der Waals surface area contributed by atoms with Crippen molar-refractivity contribution in [2.75, 3.05) is 13.1 Å². The molecule has 0 radical (unpaired) electrons. The van der Waals surface area contributed by atoms with Crippen LogP contribution in [0.5, 0.6) is 0 Å². The molecule has 1 aromatic rings. The first-order valence-corrected chi connectivity index (χ1v) is 9.07. The zero-order valence-electron chi connectivity index (χ0n) is 12.8. The van der Waals surface area contributed by atoms with Gasteiger partial charge in [0.2, 0.25) is 0 Å². The third-order valence-electron chi connectivity index (χ3n) is 5.58. The van der Waals surface area contributed by atoms with E-state index in [-0.39, 0.29) is 5.82 Å². The number of benzene rings is 1. The Kier molecular flexibility index (Phi) is 4.70. The summed E-state index contributed by atoms with van der Waals surface area (Å²) in [7, 11) is 0. The van der Waals surface area contributed by atoms with E-state index in [1.54, 1.807) is 0 Å². The van der Waals surface area contributed by atoms with Gasteiger partial charge in [0.1, 0.15) is 5.82 Å². The Morgan fingerprint density at radius 3 is 2.90 bits per heavy atom. The minimum Gasteiger partial charge on any atom is -0.316 e. The first kappa shape index (κ1) is 15.5. The van der Waals surface area contributed by atoms with Crippen LogP contribution >= 0.6 is 15.9 Å². The van der Waals surface area contributed by atoms with Crippen molar-refractivity contribution >= 4 is 15.9 Å². The topological polar surface area (TPSA) is 12.0 Å². The van der Waals surface area contributed by atoms with Gasteiger partial charge in [0.25, 0.3) is 0 Å². The number of rotatable bonds is 6. The summed E-state index contributed by atoms with van der Waals surface area (Å²) >= 11 is 3.45. The lowest BCUT2D eigenvalue weighted by Crippen LogP contribution is -2.40. The molecular formula is C18H25BrFN. The quantitative estimate of drug-likeness (QED) is 0.714. The maximum atomic E-state index is 13.8. The minimum atomic E-state index is -0.132. The van der Waals surface area contributed by atoms with Gasteiger partial charge >= 0.3 is 0 Å². The van der Waals surface area contributed by atoms with Gasteiger partial charge in [-0.1, -0.05) is 25.5 Å². The maximum absolute atomic E-state index is 13.8. The molecule has 0 heterocycles. The fourth-order valence-electron chi connectivity index (χ4n) is 4.63. The number of fused-ring (bicyclic) bond motifs is 2. The fourth-order valence-corrected chi connectivity index (χ4v) is 5.04. The van der Waals surface area contributed by atoms with Gasteiger partial charge in [-0.2, -0.15) is 0 Å². The molecule has 0 aliphatic heterocycles. The van der Waals surface area contributed by atoms with Gasteiger partial charge in [-0.15, -0.1) is 0 Å². The summed E-state index contributed by atoms with van der Waals surface area (Å²) in [6.07, 6.45) is 7.66. The predicted octanol–water partition coefficient (Wildman–Crippen LogP) is 4.94. The van der Waals surface area contributed by atoms with Crippen molar-refractivity contribution < 1.29 is 4.39 Å². The number of nitrogens with one attached hydrogen (secondary N) is 1. The highest BCUT2D eigenvalue weighted by Crippen LogP contribution is 2.57. The van der Waals surface area contributed by atoms with Crippen molar-refractivity contribution in [3.8, 4) is 0 Å². The van der Waals surface area contributed by atoms with Crippen molar-refractivity contribution in [1.82, 2.24) is 5.32 Å². The molecule has 0 saturated heterocycles. The predicted molar refractivity (Wildman–Crippen MR) is 88.8 cm³/mol. The molecule has 0 aromatic heterocycles. The standard InChI is InChI=1S/C18H25BrFN/c1-2-8-21-12-18(10-13-6-7-15(18)9-13)11-14-4-3-5-16(20)17(14)19/h3-5,13,15,21H,2,6-12H2,1H3. The van der Waals surface area contributed by atoms with E-state index in [1.807, 2.05) is 6.07 Å². The van der Waals surface area contributed by atoms with Crippen molar-refractivity contribution in [2.45, 2.75) is 45.4 Å². The largest absolute Gasteiger partial charge is 0.316 e. The molecule has 0 spiro atoms. The minimum absolute atomic E-state index is 0.132. The number of hydrogen-bond acceptors (Lipinski definition) is 1. The van der Waals surface area contributed by atoms with Crippen LogP contribution in [-0.4, -0.2) is 13.1 Å². The molecule has 3 atom stereocenters. The average Bonchev–Trinajstić information content (AvgIpc) is 3.05. The van der Waals surface area contributed by atoms with E-state index in [2.05, 4.69) is 34.2 Å². The van der Waals surface area contributed by atoms with Gasteiger partial charge in [-0.25, -0.2) is 4.39 Å². The van der Waals surface area contributed by atoms with Crippen LogP contribution in [0.3, 0.4) is 0 Å². The van der Waals surface area contributed by atoms with Crippen molar-refractivity contribution in [1.29, 1.82) is 0 Å². The second-order valence-electron chi connectivity index (χ2n) is 7.01. The Labute approximate surface area is 135 Å². The van der Waals surface area contributed by atoms with E-state index in [9.17, 15) is 4.39 Å². The van der Waals surface area contributed by atoms with Gasteiger partial charge in [0, 0.05) is 6.54 Å². The molecule has 3 unspecified atom stereocenters. The van der Waals surface area contributed by atoms with Crippen LogP contribution in [0.2, 0.25) is 0 Å². The molecule has 1 nitrogen and oxygen atoms in total. The van der Waals surface area contributed by atoms with E-state index in [0.717, 1.165) is 36.9 Å². The zero-order valence-corrected chi connectivity index (χ0v) is 14.4. The Hall–Kier alpha value is -0.410. The molecule has 2 fully saturated rings.